The van der Waals surface area contributed by atoms with Crippen molar-refractivity contribution >= 4 is 17.8 Å². The zero-order valence-electron chi connectivity index (χ0n) is 12.9. The summed E-state index contributed by atoms with van der Waals surface area (Å²) in [5.74, 6) is -1.21. The summed E-state index contributed by atoms with van der Waals surface area (Å²) in [4.78, 5) is 39.1. The Labute approximate surface area is 125 Å². The SMILES string of the molecule is CC1CCN(C(=O)C2CC(=O)N(C(C)C)C2)C(C(=O)O)C1. The van der Waals surface area contributed by atoms with Gasteiger partial charge in [0.2, 0.25) is 11.8 Å². The molecule has 0 aromatic carbocycles. The highest BCUT2D eigenvalue weighted by molar-refractivity contribution is 5.91. The maximum atomic E-state index is 12.6. The molecule has 0 aliphatic carbocycles. The number of carboxylic acid groups (broad SMARTS) is 1. The molecule has 2 amide bonds. The van der Waals surface area contributed by atoms with E-state index in [0.717, 1.165) is 6.42 Å². The highest BCUT2D eigenvalue weighted by Gasteiger charge is 2.42. The number of nitrogens with zero attached hydrogens (tertiary/aromatic N) is 2. The molecule has 0 aromatic rings. The van der Waals surface area contributed by atoms with E-state index in [0.29, 0.717) is 25.4 Å². The normalized spacial score (nSPS) is 30.1. The molecule has 0 bridgehead atoms. The predicted molar refractivity (Wildman–Crippen MR) is 76.5 cm³/mol. The van der Waals surface area contributed by atoms with E-state index in [4.69, 9.17) is 0 Å². The van der Waals surface area contributed by atoms with Crippen molar-refractivity contribution in [2.75, 3.05) is 13.1 Å². The van der Waals surface area contributed by atoms with Gasteiger partial charge in [-0.25, -0.2) is 4.79 Å². The first-order valence-electron chi connectivity index (χ1n) is 7.64. The lowest BCUT2D eigenvalue weighted by atomic mass is 9.91. The van der Waals surface area contributed by atoms with Crippen molar-refractivity contribution in [2.24, 2.45) is 11.8 Å². The predicted octanol–water partition coefficient (Wildman–Crippen LogP) is 0.955. The van der Waals surface area contributed by atoms with Crippen LogP contribution in [-0.4, -0.2) is 57.9 Å². The Balaban J connectivity index is 2.09. The number of carbonyl (C=O) groups excluding carboxylic acids is 2. The van der Waals surface area contributed by atoms with Crippen LogP contribution in [0.15, 0.2) is 0 Å². The second kappa shape index (κ2) is 6.03. The average molecular weight is 296 g/mol. The van der Waals surface area contributed by atoms with Crippen molar-refractivity contribution < 1.29 is 19.5 Å². The fourth-order valence-corrected chi connectivity index (χ4v) is 3.27. The molecule has 6 heteroatoms. The van der Waals surface area contributed by atoms with Gasteiger partial charge in [-0.3, -0.25) is 9.59 Å². The first-order valence-corrected chi connectivity index (χ1v) is 7.64. The molecule has 3 atom stereocenters. The first-order chi connectivity index (χ1) is 9.81. The molecule has 21 heavy (non-hydrogen) atoms. The third kappa shape index (κ3) is 3.19. The molecule has 2 aliphatic rings. The molecule has 1 N–H and O–H groups in total. The van der Waals surface area contributed by atoms with Crippen LogP contribution >= 0.6 is 0 Å². The summed E-state index contributed by atoms with van der Waals surface area (Å²) in [7, 11) is 0. The fourth-order valence-electron chi connectivity index (χ4n) is 3.27. The Morgan fingerprint density at radius 2 is 2.00 bits per heavy atom. The van der Waals surface area contributed by atoms with Crippen molar-refractivity contribution in [1.29, 1.82) is 0 Å². The van der Waals surface area contributed by atoms with Crippen molar-refractivity contribution in [3.05, 3.63) is 0 Å². The lowest BCUT2D eigenvalue weighted by Crippen LogP contribution is -2.52. The van der Waals surface area contributed by atoms with Gasteiger partial charge in [-0.1, -0.05) is 6.92 Å². The van der Waals surface area contributed by atoms with Gasteiger partial charge in [0.05, 0.1) is 5.92 Å². The summed E-state index contributed by atoms with van der Waals surface area (Å²) in [6.45, 7) is 6.75. The molecule has 0 saturated carbocycles. The maximum absolute atomic E-state index is 12.6. The van der Waals surface area contributed by atoms with Crippen LogP contribution in [0, 0.1) is 11.8 Å². The van der Waals surface area contributed by atoms with Crippen LogP contribution in [0.3, 0.4) is 0 Å². The van der Waals surface area contributed by atoms with Gasteiger partial charge < -0.3 is 14.9 Å². The third-order valence-corrected chi connectivity index (χ3v) is 4.56. The summed E-state index contributed by atoms with van der Waals surface area (Å²) in [6.07, 6.45) is 1.52. The van der Waals surface area contributed by atoms with Gasteiger partial charge in [0.25, 0.3) is 0 Å². The van der Waals surface area contributed by atoms with Crippen LogP contribution in [0.2, 0.25) is 0 Å². The second-order valence-electron chi connectivity index (χ2n) is 6.56. The number of amides is 2. The number of rotatable bonds is 3. The Hall–Kier alpha value is -1.59. The zero-order chi connectivity index (χ0) is 15.7. The average Bonchev–Trinajstić information content (AvgIpc) is 2.80. The molecular formula is C15H24N2O4. The van der Waals surface area contributed by atoms with Gasteiger partial charge >= 0.3 is 5.97 Å². The Morgan fingerprint density at radius 3 is 2.52 bits per heavy atom. The number of hydrogen-bond donors (Lipinski definition) is 1. The van der Waals surface area contributed by atoms with E-state index in [2.05, 4.69) is 0 Å². The molecule has 2 fully saturated rings. The largest absolute Gasteiger partial charge is 0.480 e. The Morgan fingerprint density at radius 1 is 1.33 bits per heavy atom. The summed E-state index contributed by atoms with van der Waals surface area (Å²) in [5.41, 5.74) is 0. The van der Waals surface area contributed by atoms with Crippen molar-refractivity contribution in [2.45, 2.75) is 52.1 Å². The monoisotopic (exact) mass is 296 g/mol. The van der Waals surface area contributed by atoms with E-state index < -0.39 is 17.9 Å². The van der Waals surface area contributed by atoms with E-state index in [9.17, 15) is 19.5 Å². The quantitative estimate of drug-likeness (QED) is 0.841. The fraction of sp³-hybridized carbons (Fsp3) is 0.800. The highest BCUT2D eigenvalue weighted by Crippen LogP contribution is 2.28. The summed E-state index contributed by atoms with van der Waals surface area (Å²) in [5, 5.41) is 9.34. The van der Waals surface area contributed by atoms with E-state index in [1.807, 2.05) is 20.8 Å². The van der Waals surface area contributed by atoms with E-state index in [-0.39, 0.29) is 24.3 Å². The van der Waals surface area contributed by atoms with Crippen LogP contribution in [0.25, 0.3) is 0 Å². The molecule has 3 unspecified atom stereocenters. The molecular weight excluding hydrogens is 272 g/mol. The van der Waals surface area contributed by atoms with Crippen molar-refractivity contribution in [1.82, 2.24) is 9.80 Å². The first kappa shape index (κ1) is 15.8. The molecule has 2 saturated heterocycles. The van der Waals surface area contributed by atoms with Gasteiger partial charge in [-0.05, 0) is 32.6 Å². The molecule has 2 rings (SSSR count). The molecule has 118 valence electrons. The van der Waals surface area contributed by atoms with E-state index in [1.54, 1.807) is 4.90 Å². The van der Waals surface area contributed by atoms with Crippen LogP contribution < -0.4 is 0 Å². The van der Waals surface area contributed by atoms with Gasteiger partial charge in [-0.15, -0.1) is 0 Å². The number of piperidine rings is 1. The van der Waals surface area contributed by atoms with E-state index >= 15 is 0 Å². The van der Waals surface area contributed by atoms with Crippen molar-refractivity contribution in [3.63, 3.8) is 0 Å². The van der Waals surface area contributed by atoms with Gasteiger partial charge in [-0.2, -0.15) is 0 Å². The highest BCUT2D eigenvalue weighted by atomic mass is 16.4. The van der Waals surface area contributed by atoms with Crippen LogP contribution in [0.4, 0.5) is 0 Å². The summed E-state index contributed by atoms with van der Waals surface area (Å²) < 4.78 is 0. The minimum absolute atomic E-state index is 0.0133. The topological polar surface area (TPSA) is 77.9 Å². The molecule has 6 nitrogen and oxygen atoms in total. The minimum atomic E-state index is -0.945. The zero-order valence-corrected chi connectivity index (χ0v) is 12.9. The van der Waals surface area contributed by atoms with Crippen LogP contribution in [-0.2, 0) is 14.4 Å². The third-order valence-electron chi connectivity index (χ3n) is 4.56. The van der Waals surface area contributed by atoms with Crippen molar-refractivity contribution in [3.8, 4) is 0 Å². The lowest BCUT2D eigenvalue weighted by Gasteiger charge is -2.37. The standard InChI is InChI=1S/C15H24N2O4/c1-9(2)17-8-11(7-13(17)18)14(19)16-5-4-10(3)6-12(16)15(20)21/h9-12H,4-8H2,1-3H3,(H,20,21). The van der Waals surface area contributed by atoms with Crippen LogP contribution in [0.5, 0.6) is 0 Å². The second-order valence-corrected chi connectivity index (χ2v) is 6.56. The molecule has 0 spiro atoms. The Bertz CT molecular complexity index is 449. The number of carboxylic acids is 1. The minimum Gasteiger partial charge on any atom is -0.480 e. The molecule has 0 aromatic heterocycles. The van der Waals surface area contributed by atoms with Gasteiger partial charge in [0.1, 0.15) is 6.04 Å². The molecule has 0 radical (unpaired) electrons. The molecule has 2 aliphatic heterocycles. The molecule has 2 heterocycles. The number of hydrogen-bond acceptors (Lipinski definition) is 3. The Kier molecular flexibility index (Phi) is 4.54. The summed E-state index contributed by atoms with van der Waals surface area (Å²) >= 11 is 0. The number of aliphatic carboxylic acids is 1. The number of carbonyl (C=O) groups is 3. The van der Waals surface area contributed by atoms with E-state index in [1.165, 1.54) is 4.90 Å². The smallest absolute Gasteiger partial charge is 0.326 e. The van der Waals surface area contributed by atoms with Gasteiger partial charge in [0, 0.05) is 25.6 Å². The lowest BCUT2D eigenvalue weighted by molar-refractivity contribution is -0.154. The van der Waals surface area contributed by atoms with Crippen LogP contribution in [0.1, 0.15) is 40.0 Å². The maximum Gasteiger partial charge on any atom is 0.326 e. The van der Waals surface area contributed by atoms with Gasteiger partial charge in [0.15, 0.2) is 0 Å². The number of likely N-dealkylation sites (tertiary alicyclic amines) is 2. The summed E-state index contributed by atoms with van der Waals surface area (Å²) in [6, 6.07) is -0.670.